The number of nitrogens with two attached hydrogens (primary N) is 1. The van der Waals surface area contributed by atoms with E-state index < -0.39 is 5.97 Å². The second-order valence-electron chi connectivity index (χ2n) is 4.51. The molecule has 1 aromatic rings. The van der Waals surface area contributed by atoms with Gasteiger partial charge in [0.25, 0.3) is 0 Å². The Labute approximate surface area is 113 Å². The molecule has 106 valence electrons. The second kappa shape index (κ2) is 8.37. The summed E-state index contributed by atoms with van der Waals surface area (Å²) in [5.41, 5.74) is 7.25. The molecule has 0 radical (unpaired) electrons. The van der Waals surface area contributed by atoms with E-state index in [9.17, 15) is 4.79 Å². The Bertz CT molecular complexity index is 396. The minimum atomic E-state index is -0.862. The minimum Gasteiger partial charge on any atom is -0.480 e. The molecule has 0 unspecified atom stereocenters. The number of hydrogen-bond acceptors (Lipinski definition) is 4. The first-order valence-corrected chi connectivity index (χ1v) is 6.57. The Morgan fingerprint density at radius 2 is 1.84 bits per heavy atom. The predicted octanol–water partition coefficient (Wildman–Crippen LogP) is 1.71. The number of hydrogen-bond donors (Lipinski definition) is 3. The Morgan fingerprint density at radius 1 is 1.16 bits per heavy atom. The van der Waals surface area contributed by atoms with Crippen molar-refractivity contribution >= 4 is 17.3 Å². The predicted molar refractivity (Wildman–Crippen MR) is 76.3 cm³/mol. The molecule has 5 heteroatoms. The summed E-state index contributed by atoms with van der Waals surface area (Å²) in [6.07, 6.45) is 3.62. The highest BCUT2D eigenvalue weighted by Gasteiger charge is 2.12. The molecule has 0 heterocycles. The zero-order valence-corrected chi connectivity index (χ0v) is 11.1. The van der Waals surface area contributed by atoms with E-state index in [2.05, 4.69) is 0 Å². The molecule has 1 rings (SSSR count). The molecule has 0 aliphatic rings. The molecule has 5 nitrogen and oxygen atoms in total. The van der Waals surface area contributed by atoms with Gasteiger partial charge >= 0.3 is 5.97 Å². The summed E-state index contributed by atoms with van der Waals surface area (Å²) in [5, 5.41) is 17.7. The standard InChI is InChI=1S/C14H22N2O3/c15-12-7-3-4-8-13(12)16(11-14(18)19)9-5-1-2-6-10-17/h3-4,7-8,17H,1-2,5-6,9-11,15H2,(H,18,19). The van der Waals surface area contributed by atoms with Gasteiger partial charge < -0.3 is 20.8 Å². The maximum Gasteiger partial charge on any atom is 0.323 e. The van der Waals surface area contributed by atoms with Crippen LogP contribution in [0.2, 0.25) is 0 Å². The van der Waals surface area contributed by atoms with E-state index in [-0.39, 0.29) is 13.2 Å². The summed E-state index contributed by atoms with van der Waals surface area (Å²) in [6, 6.07) is 7.30. The van der Waals surface area contributed by atoms with Crippen LogP contribution >= 0.6 is 0 Å². The summed E-state index contributed by atoms with van der Waals surface area (Å²) >= 11 is 0. The number of aliphatic hydroxyl groups is 1. The number of carboxylic acids is 1. The highest BCUT2D eigenvalue weighted by atomic mass is 16.4. The number of benzene rings is 1. The van der Waals surface area contributed by atoms with Crippen LogP contribution in [0.25, 0.3) is 0 Å². The van der Waals surface area contributed by atoms with E-state index in [0.717, 1.165) is 31.4 Å². The van der Waals surface area contributed by atoms with E-state index in [4.69, 9.17) is 15.9 Å². The van der Waals surface area contributed by atoms with Gasteiger partial charge in [0.1, 0.15) is 6.54 Å². The first kappa shape index (κ1) is 15.3. The Morgan fingerprint density at radius 3 is 2.47 bits per heavy atom. The average molecular weight is 266 g/mol. The van der Waals surface area contributed by atoms with Crippen molar-refractivity contribution in [2.75, 3.05) is 30.3 Å². The fraction of sp³-hybridized carbons (Fsp3) is 0.500. The van der Waals surface area contributed by atoms with Crippen molar-refractivity contribution in [3.8, 4) is 0 Å². The first-order chi connectivity index (χ1) is 9.15. The van der Waals surface area contributed by atoms with Crippen molar-refractivity contribution in [2.24, 2.45) is 0 Å². The number of nitrogens with zero attached hydrogens (tertiary/aromatic N) is 1. The van der Waals surface area contributed by atoms with E-state index >= 15 is 0 Å². The maximum absolute atomic E-state index is 10.9. The van der Waals surface area contributed by atoms with Gasteiger partial charge in [-0.3, -0.25) is 4.79 Å². The van der Waals surface area contributed by atoms with Gasteiger partial charge in [0, 0.05) is 13.2 Å². The molecular formula is C14H22N2O3. The van der Waals surface area contributed by atoms with E-state index in [1.54, 1.807) is 11.0 Å². The Hall–Kier alpha value is -1.75. The molecule has 0 saturated heterocycles. The van der Waals surface area contributed by atoms with Crippen LogP contribution in [0.5, 0.6) is 0 Å². The van der Waals surface area contributed by atoms with Crippen molar-refractivity contribution in [3.63, 3.8) is 0 Å². The number of anilines is 2. The van der Waals surface area contributed by atoms with Crippen LogP contribution < -0.4 is 10.6 Å². The third kappa shape index (κ3) is 5.61. The van der Waals surface area contributed by atoms with E-state index in [1.807, 2.05) is 18.2 Å². The van der Waals surface area contributed by atoms with Crippen molar-refractivity contribution in [1.29, 1.82) is 0 Å². The molecule has 19 heavy (non-hydrogen) atoms. The van der Waals surface area contributed by atoms with Crippen LogP contribution in [0.4, 0.5) is 11.4 Å². The van der Waals surface area contributed by atoms with Crippen LogP contribution in [-0.2, 0) is 4.79 Å². The van der Waals surface area contributed by atoms with Gasteiger partial charge in [-0.15, -0.1) is 0 Å². The number of rotatable bonds is 9. The van der Waals surface area contributed by atoms with Gasteiger partial charge in [0.15, 0.2) is 0 Å². The van der Waals surface area contributed by atoms with Crippen LogP contribution in [0.3, 0.4) is 0 Å². The molecule has 0 fully saturated rings. The molecule has 0 amide bonds. The fourth-order valence-corrected chi connectivity index (χ4v) is 1.99. The van der Waals surface area contributed by atoms with Gasteiger partial charge in [-0.2, -0.15) is 0 Å². The number of aliphatic carboxylic acids is 1. The van der Waals surface area contributed by atoms with Crippen molar-refractivity contribution < 1.29 is 15.0 Å². The lowest BCUT2D eigenvalue weighted by molar-refractivity contribution is -0.135. The summed E-state index contributed by atoms with van der Waals surface area (Å²) in [6.45, 7) is 0.824. The summed E-state index contributed by atoms with van der Waals surface area (Å²) in [4.78, 5) is 12.7. The van der Waals surface area contributed by atoms with E-state index in [0.29, 0.717) is 12.2 Å². The van der Waals surface area contributed by atoms with E-state index in [1.165, 1.54) is 0 Å². The zero-order valence-electron chi connectivity index (χ0n) is 11.1. The zero-order chi connectivity index (χ0) is 14.1. The molecule has 0 atom stereocenters. The van der Waals surface area contributed by atoms with Crippen LogP contribution in [-0.4, -0.2) is 35.9 Å². The van der Waals surface area contributed by atoms with Crippen molar-refractivity contribution in [1.82, 2.24) is 0 Å². The number of nitrogen functional groups attached to an aromatic ring is 1. The number of aliphatic hydroxyl groups excluding tert-OH is 1. The van der Waals surface area contributed by atoms with Gasteiger partial charge in [-0.1, -0.05) is 25.0 Å². The third-order valence-electron chi connectivity index (χ3n) is 2.94. The lowest BCUT2D eigenvalue weighted by Crippen LogP contribution is -2.31. The van der Waals surface area contributed by atoms with Gasteiger partial charge in [-0.05, 0) is 25.0 Å². The monoisotopic (exact) mass is 266 g/mol. The van der Waals surface area contributed by atoms with Crippen molar-refractivity contribution in [2.45, 2.75) is 25.7 Å². The number of para-hydroxylation sites is 2. The highest BCUT2D eigenvalue weighted by molar-refractivity contribution is 5.77. The number of unbranched alkanes of at least 4 members (excludes halogenated alkanes) is 3. The first-order valence-electron chi connectivity index (χ1n) is 6.57. The summed E-state index contributed by atoms with van der Waals surface area (Å²) in [7, 11) is 0. The summed E-state index contributed by atoms with van der Waals surface area (Å²) in [5.74, 6) is -0.862. The maximum atomic E-state index is 10.9. The Kier molecular flexibility index (Phi) is 6.74. The summed E-state index contributed by atoms with van der Waals surface area (Å²) < 4.78 is 0. The lowest BCUT2D eigenvalue weighted by atomic mass is 10.1. The van der Waals surface area contributed by atoms with Gasteiger partial charge in [0.2, 0.25) is 0 Å². The fourth-order valence-electron chi connectivity index (χ4n) is 1.99. The van der Waals surface area contributed by atoms with Crippen molar-refractivity contribution in [3.05, 3.63) is 24.3 Å². The van der Waals surface area contributed by atoms with Gasteiger partial charge in [0.05, 0.1) is 11.4 Å². The molecule has 0 aliphatic heterocycles. The second-order valence-corrected chi connectivity index (χ2v) is 4.51. The molecule has 0 spiro atoms. The normalized spacial score (nSPS) is 10.4. The number of carboxylic acid groups (broad SMARTS) is 1. The third-order valence-corrected chi connectivity index (χ3v) is 2.94. The molecule has 0 saturated carbocycles. The van der Waals surface area contributed by atoms with Crippen LogP contribution in [0, 0.1) is 0 Å². The minimum absolute atomic E-state index is 0.0474. The smallest absolute Gasteiger partial charge is 0.323 e. The van der Waals surface area contributed by atoms with Gasteiger partial charge in [-0.25, -0.2) is 0 Å². The topological polar surface area (TPSA) is 86.8 Å². The van der Waals surface area contributed by atoms with Crippen LogP contribution in [0.1, 0.15) is 25.7 Å². The molecular weight excluding hydrogens is 244 g/mol. The SMILES string of the molecule is Nc1ccccc1N(CCCCCCO)CC(=O)O. The average Bonchev–Trinajstić information content (AvgIpc) is 2.37. The molecule has 0 aromatic heterocycles. The Balaban J connectivity index is 2.57. The largest absolute Gasteiger partial charge is 0.480 e. The molecule has 1 aromatic carbocycles. The highest BCUT2D eigenvalue weighted by Crippen LogP contribution is 2.22. The number of carbonyl (C=O) groups is 1. The quantitative estimate of drug-likeness (QED) is 0.468. The molecule has 0 bridgehead atoms. The molecule has 0 aliphatic carbocycles. The lowest BCUT2D eigenvalue weighted by Gasteiger charge is -2.24. The van der Waals surface area contributed by atoms with Crippen LogP contribution in [0.15, 0.2) is 24.3 Å². The molecule has 4 N–H and O–H groups in total.